The summed E-state index contributed by atoms with van der Waals surface area (Å²) in [5.74, 6) is 2.75. The van der Waals surface area contributed by atoms with Crippen LogP contribution < -0.4 is 14.8 Å². The molecule has 0 spiro atoms. The maximum absolute atomic E-state index is 13.2. The Bertz CT molecular complexity index is 870. The lowest BCUT2D eigenvalue weighted by Gasteiger charge is -2.54. The van der Waals surface area contributed by atoms with Gasteiger partial charge in [0, 0.05) is 25.7 Å². The number of nitrogens with zero attached hydrogens (tertiary/aromatic N) is 2. The molecule has 3 fully saturated rings. The average molecular weight is 440 g/mol. The minimum absolute atomic E-state index is 0.0975. The van der Waals surface area contributed by atoms with E-state index in [1.54, 1.807) is 14.2 Å². The molecule has 2 unspecified atom stereocenters. The number of ether oxygens (including phenoxy) is 2. The molecular weight excluding hydrogens is 402 g/mol. The maximum atomic E-state index is 13.2. The lowest BCUT2D eigenvalue weighted by molar-refractivity contribution is 0.00793. The second-order valence-corrected chi connectivity index (χ2v) is 9.87. The maximum Gasteiger partial charge on any atom is 0.317 e. The molecule has 0 aromatic heterocycles. The summed E-state index contributed by atoms with van der Waals surface area (Å²) in [7, 11) is 3.29. The van der Waals surface area contributed by atoms with Gasteiger partial charge in [0.15, 0.2) is 11.5 Å². The number of piperidine rings is 3. The Morgan fingerprint density at radius 2 is 2.00 bits per heavy atom. The number of rotatable bonds is 5. The molecule has 5 rings (SSSR count). The van der Waals surface area contributed by atoms with Crippen molar-refractivity contribution in [1.82, 2.24) is 15.1 Å². The zero-order chi connectivity index (χ0) is 22.1. The number of carbonyl (C=O) groups is 1. The number of fused-ring (bicyclic) bond motifs is 6. The summed E-state index contributed by atoms with van der Waals surface area (Å²) >= 11 is 0. The number of hydrogen-bond donors (Lipinski definition) is 1. The monoisotopic (exact) mass is 439 g/mol. The van der Waals surface area contributed by atoms with Gasteiger partial charge in [-0.15, -0.1) is 0 Å². The molecule has 4 atom stereocenters. The van der Waals surface area contributed by atoms with Crippen LogP contribution in [0.1, 0.15) is 44.1 Å². The van der Waals surface area contributed by atoms with Crippen LogP contribution in [0.2, 0.25) is 0 Å². The van der Waals surface area contributed by atoms with Gasteiger partial charge >= 0.3 is 6.03 Å². The number of amides is 2. The number of nitrogens with one attached hydrogen (secondary N) is 1. The van der Waals surface area contributed by atoms with Crippen molar-refractivity contribution >= 4 is 6.03 Å². The van der Waals surface area contributed by atoms with Crippen molar-refractivity contribution in [3.8, 4) is 11.5 Å². The van der Waals surface area contributed by atoms with Gasteiger partial charge in [-0.25, -0.2) is 4.79 Å². The number of likely N-dealkylation sites (tertiary alicyclic amines) is 1. The summed E-state index contributed by atoms with van der Waals surface area (Å²) in [6.07, 6.45) is 10.9. The largest absolute Gasteiger partial charge is 0.493 e. The van der Waals surface area contributed by atoms with E-state index >= 15 is 0 Å². The van der Waals surface area contributed by atoms with E-state index < -0.39 is 0 Å². The van der Waals surface area contributed by atoms with Crippen LogP contribution in [0.25, 0.3) is 0 Å². The van der Waals surface area contributed by atoms with Gasteiger partial charge in [-0.3, -0.25) is 4.90 Å². The Balaban J connectivity index is 1.23. The smallest absolute Gasteiger partial charge is 0.317 e. The molecule has 0 saturated carbocycles. The first-order chi connectivity index (χ1) is 15.7. The molecule has 3 heterocycles. The van der Waals surface area contributed by atoms with Gasteiger partial charge in [0.1, 0.15) is 0 Å². The number of urea groups is 1. The number of methoxy groups -OCH3 is 2. The quantitative estimate of drug-likeness (QED) is 0.708. The van der Waals surface area contributed by atoms with Gasteiger partial charge in [0.05, 0.1) is 20.3 Å². The average Bonchev–Trinajstić information content (AvgIpc) is 2.83. The lowest BCUT2D eigenvalue weighted by atomic mass is 9.68. The fourth-order valence-electron chi connectivity index (χ4n) is 6.65. The first kappa shape index (κ1) is 21.6. The minimum Gasteiger partial charge on any atom is -0.493 e. The number of benzene rings is 1. The molecule has 174 valence electrons. The highest BCUT2D eigenvalue weighted by Crippen LogP contribution is 2.45. The third-order valence-electron chi connectivity index (χ3n) is 8.06. The molecule has 32 heavy (non-hydrogen) atoms. The molecule has 2 bridgehead atoms. The normalized spacial score (nSPS) is 29.4. The van der Waals surface area contributed by atoms with E-state index in [1.165, 1.54) is 50.8 Å². The first-order valence-electron chi connectivity index (χ1n) is 12.4. The Morgan fingerprint density at radius 3 is 2.84 bits per heavy atom. The third kappa shape index (κ3) is 4.09. The van der Waals surface area contributed by atoms with Crippen LogP contribution in [0.3, 0.4) is 0 Å². The van der Waals surface area contributed by atoms with Crippen molar-refractivity contribution in [2.45, 2.75) is 57.0 Å². The predicted octanol–water partition coefficient (Wildman–Crippen LogP) is 3.85. The van der Waals surface area contributed by atoms with Crippen LogP contribution in [0.4, 0.5) is 4.79 Å². The summed E-state index contributed by atoms with van der Waals surface area (Å²) in [6, 6.07) is 7.09. The molecule has 1 aliphatic carbocycles. The molecule has 1 N–H and O–H groups in total. The molecule has 6 heteroatoms. The van der Waals surface area contributed by atoms with Gasteiger partial charge in [-0.1, -0.05) is 24.1 Å². The Kier molecular flexibility index (Phi) is 6.31. The fourth-order valence-corrected chi connectivity index (χ4v) is 6.65. The summed E-state index contributed by atoms with van der Waals surface area (Å²) in [4.78, 5) is 18.1. The van der Waals surface area contributed by atoms with Crippen molar-refractivity contribution < 1.29 is 14.3 Å². The van der Waals surface area contributed by atoms with E-state index in [0.717, 1.165) is 42.5 Å². The van der Waals surface area contributed by atoms with E-state index in [1.807, 2.05) is 18.2 Å². The third-order valence-corrected chi connectivity index (χ3v) is 8.06. The second-order valence-electron chi connectivity index (χ2n) is 9.87. The Labute approximate surface area is 191 Å². The summed E-state index contributed by atoms with van der Waals surface area (Å²) < 4.78 is 10.7. The standard InChI is InChI=1S/C26H37N3O3/c1-31-23-9-8-18(14-24(23)32-2)10-11-27-26(30)29-13-5-6-19-15-20-16-21(25(19)29)17-28-12-4-3-7-22(20)28/h8-9,14-15,20-22,25H,3-7,10-13,16-17H2,1-2H3,(H,27,30)/t20?,21?,22-,25-/m0/s1. The van der Waals surface area contributed by atoms with E-state index in [9.17, 15) is 4.79 Å². The summed E-state index contributed by atoms with van der Waals surface area (Å²) in [5, 5.41) is 3.20. The van der Waals surface area contributed by atoms with Gasteiger partial charge < -0.3 is 19.7 Å². The highest BCUT2D eigenvalue weighted by molar-refractivity contribution is 5.75. The van der Waals surface area contributed by atoms with Gasteiger partial charge in [0.2, 0.25) is 0 Å². The van der Waals surface area contributed by atoms with Crippen LogP contribution in [0, 0.1) is 11.8 Å². The summed E-state index contributed by atoms with van der Waals surface area (Å²) in [6.45, 7) is 3.90. The zero-order valence-corrected chi connectivity index (χ0v) is 19.5. The molecule has 3 aliphatic heterocycles. The van der Waals surface area contributed by atoms with Crippen LogP contribution in [0.15, 0.2) is 29.8 Å². The topological polar surface area (TPSA) is 54.0 Å². The number of carbonyl (C=O) groups excluding carboxylic acids is 1. The van der Waals surface area contributed by atoms with Crippen molar-refractivity contribution in [3.63, 3.8) is 0 Å². The highest BCUT2D eigenvalue weighted by atomic mass is 16.5. The van der Waals surface area contributed by atoms with E-state index in [4.69, 9.17) is 9.47 Å². The van der Waals surface area contributed by atoms with Gasteiger partial charge in [-0.2, -0.15) is 0 Å². The number of hydrogen-bond acceptors (Lipinski definition) is 4. The van der Waals surface area contributed by atoms with Crippen LogP contribution in [0.5, 0.6) is 11.5 Å². The molecule has 2 amide bonds. The van der Waals surface area contributed by atoms with Gasteiger partial charge in [-0.05, 0) is 74.6 Å². The van der Waals surface area contributed by atoms with Crippen LogP contribution >= 0.6 is 0 Å². The van der Waals surface area contributed by atoms with Crippen molar-refractivity contribution in [2.75, 3.05) is 40.4 Å². The molecule has 1 aromatic carbocycles. The Morgan fingerprint density at radius 1 is 1.12 bits per heavy atom. The van der Waals surface area contributed by atoms with Crippen LogP contribution in [-0.2, 0) is 6.42 Å². The van der Waals surface area contributed by atoms with Crippen molar-refractivity contribution in [1.29, 1.82) is 0 Å². The van der Waals surface area contributed by atoms with E-state index in [0.29, 0.717) is 24.4 Å². The SMILES string of the molecule is COc1ccc(CCNC(=O)N2CCCC3=CC4CC(CN5CCCC[C@@H]45)[C@H]32)cc1OC. The molecule has 4 aliphatic rings. The molecular formula is C26H37N3O3. The second kappa shape index (κ2) is 9.34. The van der Waals surface area contributed by atoms with Crippen molar-refractivity contribution in [3.05, 3.63) is 35.4 Å². The predicted molar refractivity (Wildman–Crippen MR) is 125 cm³/mol. The Hall–Kier alpha value is -2.21. The summed E-state index contributed by atoms with van der Waals surface area (Å²) in [5.41, 5.74) is 2.67. The van der Waals surface area contributed by atoms with E-state index in [2.05, 4.69) is 21.2 Å². The molecule has 6 nitrogen and oxygen atoms in total. The molecule has 0 radical (unpaired) electrons. The van der Waals surface area contributed by atoms with Crippen molar-refractivity contribution in [2.24, 2.45) is 11.8 Å². The van der Waals surface area contributed by atoms with Gasteiger partial charge in [0.25, 0.3) is 0 Å². The van der Waals surface area contributed by atoms with Crippen LogP contribution in [-0.4, -0.2) is 68.3 Å². The lowest BCUT2D eigenvalue weighted by Crippen LogP contribution is -2.61. The first-order valence-corrected chi connectivity index (χ1v) is 12.4. The highest BCUT2D eigenvalue weighted by Gasteiger charge is 2.46. The fraction of sp³-hybridized carbons (Fsp3) is 0.654. The van der Waals surface area contributed by atoms with E-state index in [-0.39, 0.29) is 6.03 Å². The minimum atomic E-state index is 0.0975. The molecule has 3 saturated heterocycles. The molecule has 1 aromatic rings. The zero-order valence-electron chi connectivity index (χ0n) is 19.5.